The van der Waals surface area contributed by atoms with Crippen molar-refractivity contribution in [2.45, 2.75) is 149 Å². The van der Waals surface area contributed by atoms with Gasteiger partial charge in [-0.2, -0.15) is 0 Å². The summed E-state index contributed by atoms with van der Waals surface area (Å²) >= 11 is 0. The fraction of sp³-hybridized carbons (Fsp3) is 0.750. The summed E-state index contributed by atoms with van der Waals surface area (Å²) in [6.45, 7) is 11.9. The summed E-state index contributed by atoms with van der Waals surface area (Å²) in [6, 6.07) is -7.00. The van der Waals surface area contributed by atoms with Gasteiger partial charge in [-0.15, -0.1) is 0 Å². The lowest BCUT2D eigenvalue weighted by Gasteiger charge is -2.34. The van der Waals surface area contributed by atoms with Crippen LogP contribution in [0.1, 0.15) is 106 Å². The molecule has 1 heterocycles. The fourth-order valence-electron chi connectivity index (χ4n) is 6.07. The number of carboxylic acid groups (broad SMARTS) is 2. The summed E-state index contributed by atoms with van der Waals surface area (Å²) in [7, 11) is 0. The third-order valence-corrected chi connectivity index (χ3v) is 9.06. The first kappa shape index (κ1) is 48.4. The summed E-state index contributed by atoms with van der Waals surface area (Å²) in [5.41, 5.74) is 0. The van der Waals surface area contributed by atoms with Crippen LogP contribution < -0.4 is 31.9 Å². The molecule has 55 heavy (non-hydrogen) atoms. The van der Waals surface area contributed by atoms with Crippen molar-refractivity contribution in [3.63, 3.8) is 0 Å². The summed E-state index contributed by atoms with van der Waals surface area (Å²) in [6.07, 6.45) is -1.20. The van der Waals surface area contributed by atoms with Crippen molar-refractivity contribution in [3.05, 3.63) is 0 Å². The fourth-order valence-corrected chi connectivity index (χ4v) is 6.07. The number of nitrogens with zero attached hydrogens (tertiary/aromatic N) is 1. The van der Waals surface area contributed by atoms with E-state index in [4.69, 9.17) is 5.11 Å². The van der Waals surface area contributed by atoms with Gasteiger partial charge in [0, 0.05) is 32.9 Å². The molecule has 9 N–H and O–H groups in total. The van der Waals surface area contributed by atoms with Crippen molar-refractivity contribution in [1.82, 2.24) is 36.8 Å². The minimum atomic E-state index is -1.72. The average Bonchev–Trinajstić information content (AvgIpc) is 3.60. The Morgan fingerprint density at radius 3 is 1.85 bits per heavy atom. The second-order valence-electron chi connectivity index (χ2n) is 14.5. The summed E-state index contributed by atoms with van der Waals surface area (Å²) in [4.78, 5) is 115. The van der Waals surface area contributed by atoms with Crippen molar-refractivity contribution in [2.24, 2.45) is 11.8 Å². The maximum absolute atomic E-state index is 14.0. The molecule has 1 fully saturated rings. The number of rotatable bonds is 25. The molecular formula is C36H61N7O12. The molecule has 6 amide bonds. The van der Waals surface area contributed by atoms with E-state index in [1.807, 2.05) is 6.92 Å². The van der Waals surface area contributed by atoms with E-state index in [1.54, 1.807) is 34.6 Å². The molecule has 1 saturated heterocycles. The normalized spacial score (nSPS) is 17.3. The molecule has 0 radical (unpaired) electrons. The predicted molar refractivity (Wildman–Crippen MR) is 198 cm³/mol. The minimum absolute atomic E-state index is 0.195. The first-order valence-corrected chi connectivity index (χ1v) is 18.9. The van der Waals surface area contributed by atoms with E-state index < -0.39 is 120 Å². The molecule has 0 aromatic carbocycles. The third kappa shape index (κ3) is 16.3. The van der Waals surface area contributed by atoms with E-state index in [1.165, 1.54) is 4.90 Å². The highest BCUT2D eigenvalue weighted by molar-refractivity contribution is 6.38. The quantitative estimate of drug-likeness (QED) is 0.0404. The minimum Gasteiger partial charge on any atom is -0.481 e. The number of hydrogen-bond donors (Lipinski definition) is 9. The molecule has 5 unspecified atom stereocenters. The van der Waals surface area contributed by atoms with Crippen LogP contribution in [-0.4, -0.2) is 129 Å². The van der Waals surface area contributed by atoms with Crippen molar-refractivity contribution in [2.75, 3.05) is 13.1 Å². The lowest BCUT2D eigenvalue weighted by atomic mass is 9.98. The molecule has 0 aromatic rings. The highest BCUT2D eigenvalue weighted by atomic mass is 16.4. The molecule has 1 aliphatic heterocycles. The largest absolute Gasteiger partial charge is 0.481 e. The maximum Gasteiger partial charge on any atom is 0.303 e. The van der Waals surface area contributed by atoms with Crippen LogP contribution in [0.15, 0.2) is 0 Å². The number of carbonyl (C=O) groups is 9. The first-order chi connectivity index (χ1) is 25.7. The molecule has 0 bridgehead atoms. The van der Waals surface area contributed by atoms with Gasteiger partial charge in [0.1, 0.15) is 24.4 Å². The van der Waals surface area contributed by atoms with E-state index in [0.29, 0.717) is 25.8 Å². The Balaban J connectivity index is 3.21. The van der Waals surface area contributed by atoms with Crippen LogP contribution in [0.25, 0.3) is 0 Å². The van der Waals surface area contributed by atoms with Gasteiger partial charge in [-0.1, -0.05) is 48.0 Å². The van der Waals surface area contributed by atoms with Crippen LogP contribution in [0.4, 0.5) is 0 Å². The van der Waals surface area contributed by atoms with Gasteiger partial charge in [-0.25, -0.2) is 0 Å². The lowest BCUT2D eigenvalue weighted by molar-refractivity contribution is -0.144. The van der Waals surface area contributed by atoms with Gasteiger partial charge in [0.2, 0.25) is 35.3 Å². The Labute approximate surface area is 321 Å². The lowest BCUT2D eigenvalue weighted by Crippen LogP contribution is -2.62. The van der Waals surface area contributed by atoms with Crippen molar-refractivity contribution < 1.29 is 58.5 Å². The second kappa shape index (κ2) is 24.0. The second-order valence-corrected chi connectivity index (χ2v) is 14.5. The standard InChI is InChI=1S/C36H61N7O12/c1-8-11-22(30(49)35(54)37-17-9-2)39-33(52)25-12-10-18-43(25)36(55)29(20(5)6)42-34(53)28(19(3)4)41-32(51)24(14-16-27(47)48)40-31(50)23(38-21(7)44)13-15-26(45)46/h19-20,22-25,28-29,32,41,51H,8-18H2,1-7H3,(H,37,54)(H,38,44)(H,39,52)(H,40,50)(H,42,53)(H,45,46)(H,47,48)/t22?,23?,24?,25-,28?,29?,32-/m0/s1. The summed E-state index contributed by atoms with van der Waals surface area (Å²) in [5.74, 6) is -8.42. The zero-order chi connectivity index (χ0) is 42.0. The maximum atomic E-state index is 14.0. The molecule has 0 aromatic heterocycles. The number of hydrogen-bond acceptors (Lipinski definition) is 11. The number of aliphatic hydroxyl groups excluding tert-OH is 1. The highest BCUT2D eigenvalue weighted by Crippen LogP contribution is 2.21. The van der Waals surface area contributed by atoms with Crippen LogP contribution >= 0.6 is 0 Å². The molecule has 0 spiro atoms. The number of likely N-dealkylation sites (tertiary alicyclic amines) is 1. The zero-order valence-corrected chi connectivity index (χ0v) is 32.9. The Morgan fingerprint density at radius 1 is 0.727 bits per heavy atom. The van der Waals surface area contributed by atoms with Gasteiger partial charge in [-0.3, -0.25) is 48.5 Å². The number of carbonyl (C=O) groups excluding carboxylic acids is 7. The van der Waals surface area contributed by atoms with E-state index in [-0.39, 0.29) is 32.2 Å². The number of ketones is 1. The molecule has 19 heteroatoms. The van der Waals surface area contributed by atoms with Gasteiger partial charge in [-0.05, 0) is 50.4 Å². The monoisotopic (exact) mass is 783 g/mol. The summed E-state index contributed by atoms with van der Waals surface area (Å²) < 4.78 is 0. The van der Waals surface area contributed by atoms with Crippen LogP contribution in [0.5, 0.6) is 0 Å². The SMILES string of the molecule is CCCNC(=O)C(=O)C(CCC)NC(=O)[C@@H]1CCCN1C(=O)C(NC(=O)C(N[C@@H](O)C(CCC(=O)O)NC(=O)C(CCC(=O)O)NC(C)=O)C(C)C)C(C)C. The van der Waals surface area contributed by atoms with Gasteiger partial charge in [0.05, 0.1) is 18.1 Å². The molecule has 19 nitrogen and oxygen atoms in total. The first-order valence-electron chi connectivity index (χ1n) is 18.9. The molecular weight excluding hydrogens is 722 g/mol. The van der Waals surface area contributed by atoms with Crippen molar-refractivity contribution in [1.29, 1.82) is 0 Å². The van der Waals surface area contributed by atoms with Gasteiger partial charge in [0.15, 0.2) is 0 Å². The van der Waals surface area contributed by atoms with Crippen LogP contribution in [-0.2, 0) is 43.2 Å². The Morgan fingerprint density at radius 2 is 1.33 bits per heavy atom. The van der Waals surface area contributed by atoms with E-state index in [9.17, 15) is 53.4 Å². The van der Waals surface area contributed by atoms with Gasteiger partial charge in [0.25, 0.3) is 5.91 Å². The Hall–Kier alpha value is -4.65. The molecule has 1 aliphatic rings. The molecule has 7 atom stereocenters. The number of aliphatic hydroxyl groups is 1. The average molecular weight is 784 g/mol. The Bertz CT molecular complexity index is 1370. The summed E-state index contributed by atoms with van der Waals surface area (Å²) in [5, 5.41) is 45.0. The van der Waals surface area contributed by atoms with Gasteiger partial charge >= 0.3 is 11.9 Å². The molecule has 0 saturated carbocycles. The number of Topliss-reactive ketones (excluding diaryl/α,β-unsaturated/α-hetero) is 1. The van der Waals surface area contributed by atoms with Crippen LogP contribution in [0, 0.1) is 11.8 Å². The third-order valence-electron chi connectivity index (χ3n) is 9.06. The van der Waals surface area contributed by atoms with Gasteiger partial charge < -0.3 is 46.8 Å². The molecule has 0 aliphatic carbocycles. The number of carboxylic acids is 2. The predicted octanol–water partition coefficient (Wildman–Crippen LogP) is -0.850. The number of amides is 6. The van der Waals surface area contributed by atoms with E-state index in [0.717, 1.165) is 6.92 Å². The number of nitrogens with one attached hydrogen (secondary N) is 6. The zero-order valence-electron chi connectivity index (χ0n) is 32.9. The van der Waals surface area contributed by atoms with Crippen LogP contribution in [0.3, 0.4) is 0 Å². The van der Waals surface area contributed by atoms with Crippen molar-refractivity contribution in [3.8, 4) is 0 Å². The van der Waals surface area contributed by atoms with E-state index >= 15 is 0 Å². The Kier molecular flexibility index (Phi) is 21.1. The smallest absolute Gasteiger partial charge is 0.303 e. The topological polar surface area (TPSA) is 290 Å². The number of aliphatic carboxylic acids is 2. The molecule has 1 rings (SSSR count). The van der Waals surface area contributed by atoms with E-state index in [2.05, 4.69) is 31.9 Å². The van der Waals surface area contributed by atoms with Crippen LogP contribution in [0.2, 0.25) is 0 Å². The molecule has 312 valence electrons. The highest BCUT2D eigenvalue weighted by Gasteiger charge is 2.41. The van der Waals surface area contributed by atoms with Crippen molar-refractivity contribution >= 4 is 53.2 Å².